The molecule has 0 aliphatic carbocycles. The van der Waals surface area contributed by atoms with Crippen LogP contribution in [0.25, 0.3) is 0 Å². The summed E-state index contributed by atoms with van der Waals surface area (Å²) < 4.78 is 65.8. The zero-order chi connectivity index (χ0) is 17.9. The third-order valence-electron chi connectivity index (χ3n) is 2.79. The van der Waals surface area contributed by atoms with Gasteiger partial charge in [-0.25, -0.2) is 9.18 Å². The van der Waals surface area contributed by atoms with Gasteiger partial charge in [-0.15, -0.1) is 10.2 Å². The first-order chi connectivity index (χ1) is 11.3. The van der Waals surface area contributed by atoms with Gasteiger partial charge in [0, 0.05) is 6.07 Å². The maximum absolute atomic E-state index is 13.2. The summed E-state index contributed by atoms with van der Waals surface area (Å²) in [6.45, 7) is 0. The number of carbonyl (C=O) groups is 1. The van der Waals surface area contributed by atoms with Crippen molar-refractivity contribution in [1.29, 1.82) is 0 Å². The van der Waals surface area contributed by atoms with E-state index in [1.807, 2.05) is 0 Å². The second-order valence-corrected chi connectivity index (χ2v) is 4.33. The first-order valence-electron chi connectivity index (χ1n) is 6.31. The van der Waals surface area contributed by atoms with Gasteiger partial charge >= 0.3 is 12.1 Å². The number of hydrogen-bond acceptors (Lipinski definition) is 6. The maximum Gasteiger partial charge on any atom is 0.435 e. The number of carbonyl (C=O) groups excluding carboxylic acids is 1. The molecule has 0 bridgehead atoms. The van der Waals surface area contributed by atoms with Crippen LogP contribution in [0.1, 0.15) is 16.1 Å². The summed E-state index contributed by atoms with van der Waals surface area (Å²) in [5, 5.41) is 6.24. The monoisotopic (exact) mass is 346 g/mol. The molecule has 0 aliphatic heterocycles. The first kappa shape index (κ1) is 17.4. The lowest BCUT2D eigenvalue weighted by Gasteiger charge is -2.13. The molecule has 1 heterocycles. The van der Waals surface area contributed by atoms with Crippen LogP contribution in [0.2, 0.25) is 0 Å². The number of nitrogens with zero attached hydrogens (tertiary/aromatic N) is 2. The van der Waals surface area contributed by atoms with Crippen LogP contribution >= 0.6 is 0 Å². The highest BCUT2D eigenvalue weighted by molar-refractivity contribution is 5.91. The molecule has 2 rings (SSSR count). The molecule has 0 unspecified atom stereocenters. The number of halogens is 4. The fourth-order valence-electron chi connectivity index (χ4n) is 1.68. The molecule has 0 atom stereocenters. The van der Waals surface area contributed by atoms with Crippen LogP contribution in [-0.4, -0.2) is 30.4 Å². The maximum atomic E-state index is 13.2. The summed E-state index contributed by atoms with van der Waals surface area (Å²) in [6.07, 6.45) is -4.80. The Kier molecular flexibility index (Phi) is 4.86. The van der Waals surface area contributed by atoms with Crippen molar-refractivity contribution in [2.75, 3.05) is 14.2 Å². The quantitative estimate of drug-likeness (QED) is 0.625. The summed E-state index contributed by atoms with van der Waals surface area (Å²) in [5.74, 6) is -2.39. The molecule has 0 fully saturated rings. The number of alkyl halides is 3. The van der Waals surface area contributed by atoms with Crippen LogP contribution < -0.4 is 9.47 Å². The SMILES string of the molecule is COC(=O)c1cc(C(F)(F)F)nnc1Oc1ccc(F)cc1OC. The molecule has 2 aromatic rings. The van der Waals surface area contributed by atoms with E-state index in [1.165, 1.54) is 7.11 Å². The zero-order valence-corrected chi connectivity index (χ0v) is 12.3. The molecule has 0 amide bonds. The topological polar surface area (TPSA) is 70.5 Å². The van der Waals surface area contributed by atoms with Crippen molar-refractivity contribution in [3.63, 3.8) is 0 Å². The van der Waals surface area contributed by atoms with E-state index >= 15 is 0 Å². The molecule has 0 spiro atoms. The molecule has 6 nitrogen and oxygen atoms in total. The van der Waals surface area contributed by atoms with Gasteiger partial charge in [0.15, 0.2) is 17.2 Å². The van der Waals surface area contributed by atoms with E-state index in [2.05, 4.69) is 14.9 Å². The Balaban J connectivity index is 2.48. The van der Waals surface area contributed by atoms with E-state index in [0.717, 1.165) is 25.3 Å². The minimum Gasteiger partial charge on any atom is -0.493 e. The van der Waals surface area contributed by atoms with Crippen molar-refractivity contribution in [3.05, 3.63) is 41.3 Å². The molecule has 0 radical (unpaired) electrons. The number of aromatic nitrogens is 2. The summed E-state index contributed by atoms with van der Waals surface area (Å²) in [6, 6.07) is 3.64. The number of hydrogen-bond donors (Lipinski definition) is 0. The second kappa shape index (κ2) is 6.69. The average Bonchev–Trinajstić information content (AvgIpc) is 2.55. The highest BCUT2D eigenvalue weighted by Gasteiger charge is 2.35. The van der Waals surface area contributed by atoms with Crippen LogP contribution in [0.4, 0.5) is 17.6 Å². The minimum atomic E-state index is -4.80. The predicted molar refractivity (Wildman–Crippen MR) is 71.4 cm³/mol. The fraction of sp³-hybridized carbons (Fsp3) is 0.214. The normalized spacial score (nSPS) is 11.1. The van der Waals surface area contributed by atoms with Gasteiger partial charge in [-0.1, -0.05) is 0 Å². The first-order valence-corrected chi connectivity index (χ1v) is 6.31. The van der Waals surface area contributed by atoms with Crippen molar-refractivity contribution in [3.8, 4) is 17.4 Å². The summed E-state index contributed by atoms with van der Waals surface area (Å²) in [7, 11) is 2.22. The Morgan fingerprint density at radius 3 is 2.38 bits per heavy atom. The van der Waals surface area contributed by atoms with E-state index in [9.17, 15) is 22.4 Å². The smallest absolute Gasteiger partial charge is 0.435 e. The number of ether oxygens (including phenoxy) is 3. The molecule has 0 saturated carbocycles. The molecule has 0 saturated heterocycles. The molecule has 0 aliphatic rings. The lowest BCUT2D eigenvalue weighted by atomic mass is 10.2. The van der Waals surface area contributed by atoms with Gasteiger partial charge in [-0.2, -0.15) is 13.2 Å². The van der Waals surface area contributed by atoms with E-state index < -0.39 is 35.1 Å². The Morgan fingerprint density at radius 2 is 1.79 bits per heavy atom. The third-order valence-corrected chi connectivity index (χ3v) is 2.79. The highest BCUT2D eigenvalue weighted by Crippen LogP contribution is 2.34. The van der Waals surface area contributed by atoms with Crippen molar-refractivity contribution in [2.45, 2.75) is 6.18 Å². The van der Waals surface area contributed by atoms with Gasteiger partial charge in [0.05, 0.1) is 14.2 Å². The summed E-state index contributed by atoms with van der Waals surface area (Å²) in [5.41, 5.74) is -1.98. The van der Waals surface area contributed by atoms with E-state index in [4.69, 9.17) is 9.47 Å². The molecule has 24 heavy (non-hydrogen) atoms. The van der Waals surface area contributed by atoms with Crippen LogP contribution in [0.5, 0.6) is 17.4 Å². The largest absolute Gasteiger partial charge is 0.493 e. The molecule has 1 aromatic heterocycles. The standard InChI is InChI=1S/C14H10F4N2O4/c1-22-10-5-7(15)3-4-9(10)24-12-8(13(21)23-2)6-11(19-20-12)14(16,17)18/h3-6H,1-2H3. The Hall–Kier alpha value is -2.91. The number of rotatable bonds is 4. The van der Waals surface area contributed by atoms with E-state index in [0.29, 0.717) is 6.07 Å². The second-order valence-electron chi connectivity index (χ2n) is 4.33. The predicted octanol–water partition coefficient (Wildman–Crippen LogP) is 3.22. The van der Waals surface area contributed by atoms with Crippen molar-refractivity contribution in [1.82, 2.24) is 10.2 Å². The van der Waals surface area contributed by atoms with Gasteiger partial charge in [0.25, 0.3) is 5.88 Å². The summed E-state index contributed by atoms with van der Waals surface area (Å²) in [4.78, 5) is 11.7. The van der Waals surface area contributed by atoms with Gasteiger partial charge in [-0.3, -0.25) is 0 Å². The van der Waals surface area contributed by atoms with Crippen LogP contribution in [0.3, 0.4) is 0 Å². The Labute approximate surface area is 133 Å². The van der Waals surface area contributed by atoms with E-state index in [1.54, 1.807) is 0 Å². The van der Waals surface area contributed by atoms with Gasteiger partial charge < -0.3 is 14.2 Å². The Morgan fingerprint density at radius 1 is 1.08 bits per heavy atom. The molecule has 128 valence electrons. The lowest BCUT2D eigenvalue weighted by molar-refractivity contribution is -0.141. The minimum absolute atomic E-state index is 0.0486. The lowest BCUT2D eigenvalue weighted by Crippen LogP contribution is -2.14. The molecular formula is C14H10F4N2O4. The molecule has 10 heteroatoms. The molecule has 1 aromatic carbocycles. The van der Waals surface area contributed by atoms with Crippen LogP contribution in [0, 0.1) is 5.82 Å². The summed E-state index contributed by atoms with van der Waals surface area (Å²) >= 11 is 0. The molecular weight excluding hydrogens is 336 g/mol. The van der Waals surface area contributed by atoms with Crippen LogP contribution in [0.15, 0.2) is 24.3 Å². The number of benzene rings is 1. The Bertz CT molecular complexity index is 765. The zero-order valence-electron chi connectivity index (χ0n) is 12.3. The van der Waals surface area contributed by atoms with E-state index in [-0.39, 0.29) is 11.5 Å². The van der Waals surface area contributed by atoms with Crippen molar-refractivity contribution in [2.24, 2.45) is 0 Å². The van der Waals surface area contributed by atoms with Gasteiger partial charge in [-0.05, 0) is 18.2 Å². The number of esters is 1. The average molecular weight is 346 g/mol. The molecule has 0 N–H and O–H groups in total. The fourth-order valence-corrected chi connectivity index (χ4v) is 1.68. The van der Waals surface area contributed by atoms with Gasteiger partial charge in [0.1, 0.15) is 11.4 Å². The van der Waals surface area contributed by atoms with Crippen molar-refractivity contribution >= 4 is 5.97 Å². The third kappa shape index (κ3) is 3.70. The van der Waals surface area contributed by atoms with Gasteiger partial charge in [0.2, 0.25) is 0 Å². The van der Waals surface area contributed by atoms with Crippen LogP contribution in [-0.2, 0) is 10.9 Å². The number of methoxy groups -OCH3 is 2. The van der Waals surface area contributed by atoms with Crippen molar-refractivity contribution < 1.29 is 36.6 Å². The highest BCUT2D eigenvalue weighted by atomic mass is 19.4.